The molecule has 0 aliphatic rings. The fourth-order valence-electron chi connectivity index (χ4n) is 9.83. The van der Waals surface area contributed by atoms with Crippen LogP contribution < -0.4 is 4.90 Å². The SMILES string of the molecule is c1ccc(-c2cccc(N(c3ccc(-c4cccc5ccccc45)cc3)c3ccc(-c4ccccc4-n4c5ccccc5c5c6ccccc6ccc54)c(-c4ccccc4)c3)c2)cc1. The van der Waals surface area contributed by atoms with Crippen molar-refractivity contribution in [2.45, 2.75) is 0 Å². The summed E-state index contributed by atoms with van der Waals surface area (Å²) in [5, 5.41) is 7.54. The molecule has 2 heteroatoms. The topological polar surface area (TPSA) is 8.17 Å². The second-order valence-electron chi connectivity index (χ2n) is 16.5. The summed E-state index contributed by atoms with van der Waals surface area (Å²) in [6, 6.07) is 92.7. The smallest absolute Gasteiger partial charge is 0.0547 e. The van der Waals surface area contributed by atoms with Crippen LogP contribution in [0.5, 0.6) is 0 Å². The highest BCUT2D eigenvalue weighted by molar-refractivity contribution is 6.21. The van der Waals surface area contributed by atoms with E-state index < -0.39 is 0 Å². The van der Waals surface area contributed by atoms with Crippen molar-refractivity contribution < 1.29 is 0 Å². The van der Waals surface area contributed by atoms with Gasteiger partial charge >= 0.3 is 0 Å². The Kier molecular flexibility index (Phi) is 9.20. The normalized spacial score (nSPS) is 11.4. The lowest BCUT2D eigenvalue weighted by molar-refractivity contribution is 1.18. The maximum absolute atomic E-state index is 2.47. The van der Waals surface area contributed by atoms with Crippen LogP contribution in [-0.4, -0.2) is 4.57 Å². The van der Waals surface area contributed by atoms with Gasteiger partial charge in [0.05, 0.1) is 16.7 Å². The van der Waals surface area contributed by atoms with E-state index >= 15 is 0 Å². The third-order valence-corrected chi connectivity index (χ3v) is 12.8. The van der Waals surface area contributed by atoms with Crippen LogP contribution in [0, 0.1) is 0 Å². The standard InChI is InChI=1S/C62H42N2/c1-3-17-43(18-4-1)48-24-15-25-50(41-48)63(49-36-33-47(34-37-49)53-30-16-23-44-21-7-9-26-52(44)53)51-38-39-55(58(42-51)45-19-5-2-6-20-45)56-28-11-13-31-59(56)64-60-32-14-12-29-57(60)62-54-27-10-8-22-46(54)35-40-61(62)64/h1-42H. The van der Waals surface area contributed by atoms with Gasteiger partial charge in [-0.1, -0.05) is 200 Å². The van der Waals surface area contributed by atoms with Crippen LogP contribution in [0.25, 0.3) is 93.5 Å². The molecule has 300 valence electrons. The molecule has 0 aliphatic heterocycles. The van der Waals surface area contributed by atoms with Gasteiger partial charge in [0.25, 0.3) is 0 Å². The molecule has 0 N–H and O–H groups in total. The number of hydrogen-bond acceptors (Lipinski definition) is 1. The molecule has 0 fully saturated rings. The van der Waals surface area contributed by atoms with Crippen LogP contribution in [0.15, 0.2) is 255 Å². The largest absolute Gasteiger partial charge is 0.310 e. The van der Waals surface area contributed by atoms with Crippen molar-refractivity contribution in [1.29, 1.82) is 0 Å². The van der Waals surface area contributed by atoms with Crippen LogP contribution in [-0.2, 0) is 0 Å². The van der Waals surface area contributed by atoms with Gasteiger partial charge in [0.2, 0.25) is 0 Å². The van der Waals surface area contributed by atoms with E-state index in [1.54, 1.807) is 0 Å². The second-order valence-corrected chi connectivity index (χ2v) is 16.5. The van der Waals surface area contributed by atoms with Gasteiger partial charge in [-0.2, -0.15) is 0 Å². The summed E-state index contributed by atoms with van der Waals surface area (Å²) in [4.78, 5) is 2.40. The van der Waals surface area contributed by atoms with Gasteiger partial charge in [0.15, 0.2) is 0 Å². The number of benzene rings is 11. The third-order valence-electron chi connectivity index (χ3n) is 12.8. The number of para-hydroxylation sites is 2. The summed E-state index contributed by atoms with van der Waals surface area (Å²) in [7, 11) is 0. The van der Waals surface area contributed by atoms with Crippen LogP contribution >= 0.6 is 0 Å². The Balaban J connectivity index is 1.06. The minimum atomic E-state index is 1.08. The van der Waals surface area contributed by atoms with Gasteiger partial charge in [-0.05, 0) is 115 Å². The van der Waals surface area contributed by atoms with E-state index in [0.29, 0.717) is 0 Å². The Bertz CT molecular complexity index is 3650. The first kappa shape index (κ1) is 37.3. The highest BCUT2D eigenvalue weighted by Gasteiger charge is 2.21. The van der Waals surface area contributed by atoms with Gasteiger partial charge in [0, 0.05) is 33.4 Å². The van der Waals surface area contributed by atoms with Crippen molar-refractivity contribution >= 4 is 60.4 Å². The maximum Gasteiger partial charge on any atom is 0.0547 e. The fraction of sp³-hybridized carbons (Fsp3) is 0. The summed E-state index contributed by atoms with van der Waals surface area (Å²) in [5.74, 6) is 0. The Morgan fingerprint density at radius 2 is 0.828 bits per heavy atom. The zero-order chi connectivity index (χ0) is 42.4. The number of rotatable bonds is 8. The number of nitrogens with zero attached hydrogens (tertiary/aromatic N) is 2. The molecule has 64 heavy (non-hydrogen) atoms. The molecule has 0 radical (unpaired) electrons. The molecule has 1 aromatic heterocycles. The molecule has 12 rings (SSSR count). The Morgan fingerprint density at radius 1 is 0.266 bits per heavy atom. The zero-order valence-electron chi connectivity index (χ0n) is 35.1. The maximum atomic E-state index is 2.47. The van der Waals surface area contributed by atoms with Crippen molar-refractivity contribution in [2.24, 2.45) is 0 Å². The molecule has 11 aromatic carbocycles. The minimum absolute atomic E-state index is 1.08. The quantitative estimate of drug-likeness (QED) is 0.148. The van der Waals surface area contributed by atoms with E-state index in [-0.39, 0.29) is 0 Å². The van der Waals surface area contributed by atoms with Crippen LogP contribution in [0.4, 0.5) is 17.1 Å². The third kappa shape index (κ3) is 6.44. The number of fused-ring (bicyclic) bond motifs is 6. The lowest BCUT2D eigenvalue weighted by Crippen LogP contribution is -2.10. The van der Waals surface area contributed by atoms with Gasteiger partial charge < -0.3 is 9.47 Å². The average Bonchev–Trinajstić information content (AvgIpc) is 3.72. The summed E-state index contributed by atoms with van der Waals surface area (Å²) in [6.07, 6.45) is 0. The van der Waals surface area contributed by atoms with Crippen LogP contribution in [0.1, 0.15) is 0 Å². The monoisotopic (exact) mass is 814 g/mol. The highest BCUT2D eigenvalue weighted by atomic mass is 15.1. The van der Waals surface area contributed by atoms with Crippen molar-refractivity contribution in [3.63, 3.8) is 0 Å². The zero-order valence-corrected chi connectivity index (χ0v) is 35.1. The van der Waals surface area contributed by atoms with Crippen LogP contribution in [0.2, 0.25) is 0 Å². The van der Waals surface area contributed by atoms with Crippen molar-refractivity contribution in [2.75, 3.05) is 4.90 Å². The van der Waals surface area contributed by atoms with Gasteiger partial charge in [0.1, 0.15) is 0 Å². The van der Waals surface area contributed by atoms with Crippen LogP contribution in [0.3, 0.4) is 0 Å². The summed E-state index contributed by atoms with van der Waals surface area (Å²) in [5.41, 5.74) is 16.2. The molecule has 0 saturated carbocycles. The second kappa shape index (κ2) is 15.8. The Hall–Kier alpha value is -8.46. The Morgan fingerprint density at radius 3 is 1.64 bits per heavy atom. The highest BCUT2D eigenvalue weighted by Crippen LogP contribution is 2.45. The molecule has 0 atom stereocenters. The van der Waals surface area contributed by atoms with E-state index in [0.717, 1.165) is 33.9 Å². The molecular weight excluding hydrogens is 773 g/mol. The molecule has 0 unspecified atom stereocenters. The van der Waals surface area contributed by atoms with E-state index in [1.165, 1.54) is 76.7 Å². The molecular formula is C62H42N2. The van der Waals surface area contributed by atoms with E-state index in [1.807, 2.05) is 0 Å². The molecule has 0 spiro atoms. The van der Waals surface area contributed by atoms with Crippen molar-refractivity contribution in [3.8, 4) is 50.2 Å². The number of aromatic nitrogens is 1. The summed E-state index contributed by atoms with van der Waals surface area (Å²) >= 11 is 0. The van der Waals surface area contributed by atoms with Gasteiger partial charge in [-0.15, -0.1) is 0 Å². The molecule has 0 amide bonds. The molecule has 2 nitrogen and oxygen atoms in total. The van der Waals surface area contributed by atoms with E-state index in [2.05, 4.69) is 264 Å². The minimum Gasteiger partial charge on any atom is -0.310 e. The lowest BCUT2D eigenvalue weighted by Gasteiger charge is -2.28. The number of hydrogen-bond donors (Lipinski definition) is 0. The van der Waals surface area contributed by atoms with Gasteiger partial charge in [-0.3, -0.25) is 0 Å². The predicted octanol–water partition coefficient (Wildman–Crippen LogP) is 17.2. The van der Waals surface area contributed by atoms with Crippen molar-refractivity contribution in [3.05, 3.63) is 255 Å². The molecule has 0 bridgehead atoms. The average molecular weight is 815 g/mol. The Labute approximate surface area is 373 Å². The summed E-state index contributed by atoms with van der Waals surface area (Å²) < 4.78 is 2.47. The molecule has 0 saturated heterocycles. The van der Waals surface area contributed by atoms with E-state index in [9.17, 15) is 0 Å². The first-order chi connectivity index (χ1) is 31.8. The van der Waals surface area contributed by atoms with Gasteiger partial charge in [-0.25, -0.2) is 0 Å². The number of anilines is 3. The molecule has 12 aromatic rings. The molecule has 0 aliphatic carbocycles. The van der Waals surface area contributed by atoms with Crippen molar-refractivity contribution in [1.82, 2.24) is 4.57 Å². The first-order valence-electron chi connectivity index (χ1n) is 22.0. The first-order valence-corrected chi connectivity index (χ1v) is 22.0. The predicted molar refractivity (Wildman–Crippen MR) is 272 cm³/mol. The lowest BCUT2D eigenvalue weighted by atomic mass is 9.92. The summed E-state index contributed by atoms with van der Waals surface area (Å²) in [6.45, 7) is 0. The molecule has 1 heterocycles. The fourth-order valence-corrected chi connectivity index (χ4v) is 9.83. The van der Waals surface area contributed by atoms with E-state index in [4.69, 9.17) is 0 Å².